The number of amides is 1. The van der Waals surface area contributed by atoms with E-state index in [1.54, 1.807) is 13.0 Å². The van der Waals surface area contributed by atoms with Gasteiger partial charge in [-0.05, 0) is 18.6 Å². The Labute approximate surface area is 134 Å². The summed E-state index contributed by atoms with van der Waals surface area (Å²) in [5.41, 5.74) is 1.68. The molecule has 1 aliphatic rings. The van der Waals surface area contributed by atoms with Gasteiger partial charge in [-0.2, -0.15) is 0 Å². The number of rotatable bonds is 5. The lowest BCUT2D eigenvalue weighted by Gasteiger charge is -2.27. The minimum Gasteiger partial charge on any atom is -0.460 e. The van der Waals surface area contributed by atoms with Crippen molar-refractivity contribution in [1.82, 2.24) is 5.32 Å². The molecule has 6 heteroatoms. The largest absolute Gasteiger partial charge is 0.460 e. The molecule has 1 atom stereocenters. The number of hydrogen-bond donors (Lipinski definition) is 1. The summed E-state index contributed by atoms with van der Waals surface area (Å²) in [6.07, 6.45) is 0.162. The highest BCUT2D eigenvalue weighted by molar-refractivity contribution is 6.31. The second-order valence-electron chi connectivity index (χ2n) is 4.99. The lowest BCUT2D eigenvalue weighted by Crippen LogP contribution is -2.34. The van der Waals surface area contributed by atoms with E-state index in [4.69, 9.17) is 21.1 Å². The summed E-state index contributed by atoms with van der Waals surface area (Å²) >= 11 is 6.22. The Morgan fingerprint density at radius 2 is 2.09 bits per heavy atom. The molecule has 0 aromatic heterocycles. The molecule has 118 valence electrons. The Balaban J connectivity index is 2.33. The van der Waals surface area contributed by atoms with Crippen molar-refractivity contribution in [2.45, 2.75) is 19.3 Å². The lowest BCUT2D eigenvalue weighted by atomic mass is 9.84. The third-order valence-corrected chi connectivity index (χ3v) is 3.83. The number of nitrogens with one attached hydrogen (secondary N) is 1. The van der Waals surface area contributed by atoms with Crippen LogP contribution >= 0.6 is 11.6 Å². The van der Waals surface area contributed by atoms with Crippen LogP contribution in [-0.4, -0.2) is 32.2 Å². The Kier molecular flexibility index (Phi) is 5.57. The zero-order chi connectivity index (χ0) is 16.1. The molecule has 1 amide bonds. The van der Waals surface area contributed by atoms with E-state index in [0.29, 0.717) is 22.9 Å². The van der Waals surface area contributed by atoms with Gasteiger partial charge in [0, 0.05) is 30.2 Å². The van der Waals surface area contributed by atoms with Crippen molar-refractivity contribution >= 4 is 23.5 Å². The van der Waals surface area contributed by atoms with Crippen molar-refractivity contribution < 1.29 is 19.1 Å². The number of methoxy groups -OCH3 is 1. The normalized spacial score (nSPS) is 18.1. The van der Waals surface area contributed by atoms with Crippen LogP contribution in [0.5, 0.6) is 0 Å². The van der Waals surface area contributed by atoms with Crippen molar-refractivity contribution in [1.29, 1.82) is 0 Å². The van der Waals surface area contributed by atoms with Crippen LogP contribution in [-0.2, 0) is 19.1 Å². The second-order valence-corrected chi connectivity index (χ2v) is 5.40. The average molecular weight is 324 g/mol. The van der Waals surface area contributed by atoms with Crippen molar-refractivity contribution in [2.24, 2.45) is 0 Å². The molecule has 0 aliphatic carbocycles. The number of carbonyl (C=O) groups is 2. The summed E-state index contributed by atoms with van der Waals surface area (Å²) < 4.78 is 10.1. The number of carbonyl (C=O) groups excluding carboxylic acids is 2. The first kappa shape index (κ1) is 16.5. The van der Waals surface area contributed by atoms with Crippen LogP contribution in [0.3, 0.4) is 0 Å². The van der Waals surface area contributed by atoms with Gasteiger partial charge in [0.15, 0.2) is 0 Å². The molecule has 0 bridgehead atoms. The van der Waals surface area contributed by atoms with Crippen LogP contribution in [0.15, 0.2) is 35.5 Å². The van der Waals surface area contributed by atoms with Crippen molar-refractivity contribution in [3.8, 4) is 0 Å². The fourth-order valence-corrected chi connectivity index (χ4v) is 2.76. The van der Waals surface area contributed by atoms with Crippen LogP contribution in [0.2, 0.25) is 5.02 Å². The van der Waals surface area contributed by atoms with E-state index >= 15 is 0 Å². The first-order valence-corrected chi connectivity index (χ1v) is 7.33. The Morgan fingerprint density at radius 3 is 2.77 bits per heavy atom. The van der Waals surface area contributed by atoms with Gasteiger partial charge in [0.2, 0.25) is 5.91 Å². The van der Waals surface area contributed by atoms with E-state index < -0.39 is 11.9 Å². The van der Waals surface area contributed by atoms with E-state index in [-0.39, 0.29) is 18.9 Å². The summed E-state index contributed by atoms with van der Waals surface area (Å²) in [4.78, 5) is 24.2. The van der Waals surface area contributed by atoms with Gasteiger partial charge >= 0.3 is 5.97 Å². The van der Waals surface area contributed by atoms with Crippen LogP contribution < -0.4 is 5.32 Å². The third-order valence-electron chi connectivity index (χ3n) is 3.49. The van der Waals surface area contributed by atoms with Gasteiger partial charge in [0.05, 0.1) is 12.2 Å². The predicted octanol–water partition coefficient (Wildman–Crippen LogP) is 2.41. The molecule has 5 nitrogen and oxygen atoms in total. The molecule has 0 spiro atoms. The van der Waals surface area contributed by atoms with E-state index in [0.717, 1.165) is 5.56 Å². The minimum absolute atomic E-state index is 0.143. The molecule has 0 saturated heterocycles. The minimum atomic E-state index is -0.459. The number of hydrogen-bond acceptors (Lipinski definition) is 4. The zero-order valence-corrected chi connectivity index (χ0v) is 13.3. The maximum absolute atomic E-state index is 12.4. The van der Waals surface area contributed by atoms with E-state index in [1.165, 1.54) is 7.11 Å². The number of allylic oxidation sites excluding steroid dienone is 1. The standard InChI is InChI=1S/C16H18ClNO4/c1-10-15(16(20)22-8-7-21-2)12(9-14(19)18-10)11-5-3-4-6-13(11)17/h3-6,12H,7-9H2,1-2H3,(H,18,19). The van der Waals surface area contributed by atoms with Crippen molar-refractivity contribution in [3.05, 3.63) is 46.1 Å². The fraction of sp³-hybridized carbons (Fsp3) is 0.375. The molecular weight excluding hydrogens is 306 g/mol. The van der Waals surface area contributed by atoms with Crippen LogP contribution in [0.25, 0.3) is 0 Å². The van der Waals surface area contributed by atoms with Crippen LogP contribution in [0.1, 0.15) is 24.8 Å². The molecule has 1 aliphatic heterocycles. The topological polar surface area (TPSA) is 64.6 Å². The first-order valence-electron chi connectivity index (χ1n) is 6.95. The number of esters is 1. The molecule has 1 N–H and O–H groups in total. The van der Waals surface area contributed by atoms with E-state index in [1.807, 2.05) is 18.2 Å². The molecule has 0 fully saturated rings. The van der Waals surface area contributed by atoms with Gasteiger partial charge in [0.1, 0.15) is 6.61 Å². The molecule has 1 aromatic carbocycles. The molecule has 1 aromatic rings. The SMILES string of the molecule is COCCOC(=O)C1=C(C)NC(=O)CC1c1ccccc1Cl. The van der Waals surface area contributed by atoms with Gasteiger partial charge in [-0.15, -0.1) is 0 Å². The third kappa shape index (κ3) is 3.67. The maximum atomic E-state index is 12.4. The van der Waals surface area contributed by atoms with Crippen LogP contribution in [0.4, 0.5) is 0 Å². The Hall–Kier alpha value is -1.85. The molecule has 1 unspecified atom stereocenters. The Morgan fingerprint density at radius 1 is 1.36 bits per heavy atom. The second kappa shape index (κ2) is 7.42. The molecule has 0 saturated carbocycles. The lowest BCUT2D eigenvalue weighted by molar-refractivity contribution is -0.140. The van der Waals surface area contributed by atoms with Gasteiger partial charge in [-0.25, -0.2) is 4.79 Å². The highest BCUT2D eigenvalue weighted by atomic mass is 35.5. The van der Waals surface area contributed by atoms with E-state index in [2.05, 4.69) is 5.32 Å². The van der Waals surface area contributed by atoms with Crippen molar-refractivity contribution in [2.75, 3.05) is 20.3 Å². The fourth-order valence-electron chi connectivity index (χ4n) is 2.49. The highest BCUT2D eigenvalue weighted by Crippen LogP contribution is 2.36. The number of ether oxygens (including phenoxy) is 2. The van der Waals surface area contributed by atoms with Crippen molar-refractivity contribution in [3.63, 3.8) is 0 Å². The molecule has 22 heavy (non-hydrogen) atoms. The maximum Gasteiger partial charge on any atom is 0.336 e. The Bertz CT molecular complexity index is 612. The van der Waals surface area contributed by atoms with Crippen LogP contribution in [0, 0.1) is 0 Å². The van der Waals surface area contributed by atoms with Gasteiger partial charge in [-0.3, -0.25) is 4.79 Å². The quantitative estimate of drug-likeness (QED) is 0.667. The molecule has 1 heterocycles. The predicted molar refractivity (Wildman–Crippen MR) is 82.5 cm³/mol. The summed E-state index contributed by atoms with van der Waals surface area (Å²) in [5, 5.41) is 3.21. The summed E-state index contributed by atoms with van der Waals surface area (Å²) in [5.74, 6) is -1.01. The summed E-state index contributed by atoms with van der Waals surface area (Å²) in [7, 11) is 1.53. The summed E-state index contributed by atoms with van der Waals surface area (Å²) in [6, 6.07) is 7.20. The zero-order valence-electron chi connectivity index (χ0n) is 12.5. The first-order chi connectivity index (χ1) is 10.5. The van der Waals surface area contributed by atoms with Gasteiger partial charge < -0.3 is 14.8 Å². The number of halogens is 1. The highest BCUT2D eigenvalue weighted by Gasteiger charge is 2.33. The molecule has 0 radical (unpaired) electrons. The molecule has 2 rings (SSSR count). The average Bonchev–Trinajstić information content (AvgIpc) is 2.47. The monoisotopic (exact) mass is 323 g/mol. The summed E-state index contributed by atoms with van der Waals surface area (Å²) in [6.45, 7) is 2.17. The molecular formula is C16H18ClNO4. The number of benzene rings is 1. The van der Waals surface area contributed by atoms with E-state index in [9.17, 15) is 9.59 Å². The van der Waals surface area contributed by atoms with Gasteiger partial charge in [-0.1, -0.05) is 29.8 Å². The van der Waals surface area contributed by atoms with Gasteiger partial charge in [0.25, 0.3) is 0 Å². The smallest absolute Gasteiger partial charge is 0.336 e.